The zero-order chi connectivity index (χ0) is 18.2. The fraction of sp³-hybridized carbons (Fsp3) is 0.800. The molecule has 5 nitrogen and oxygen atoms in total. The first-order valence-electron chi connectivity index (χ1n) is 9.53. The lowest BCUT2D eigenvalue weighted by atomic mass is 9.42. The number of carbonyl (C=O) groups excluding carboxylic acids is 1. The number of rotatable bonds is 1. The third-order valence-corrected chi connectivity index (χ3v) is 8.24. The van der Waals surface area contributed by atoms with Crippen molar-refractivity contribution in [3.63, 3.8) is 0 Å². The van der Waals surface area contributed by atoms with Crippen LogP contribution in [-0.4, -0.2) is 27.9 Å². The molecule has 4 aliphatic rings. The molecule has 4 rings (SSSR count). The number of aliphatic hydroxyl groups is 1. The maximum absolute atomic E-state index is 12.1. The third-order valence-electron chi connectivity index (χ3n) is 8.24. The summed E-state index contributed by atoms with van der Waals surface area (Å²) in [5.41, 5.74) is -0.122. The molecule has 7 atom stereocenters. The fourth-order valence-corrected chi connectivity index (χ4v) is 6.96. The molecule has 3 saturated carbocycles. The van der Waals surface area contributed by atoms with Crippen LogP contribution >= 0.6 is 0 Å². The van der Waals surface area contributed by atoms with Crippen molar-refractivity contribution in [1.82, 2.24) is 0 Å². The SMILES string of the molecule is C[C@@H]1C2=CC(=O)O[C@@]2(O)C[C@@H]2[C@@H]1CC[C@H]1[C@@]2(C)CCC[C@]1(C)C(=O)O. The van der Waals surface area contributed by atoms with Gasteiger partial charge in [-0.05, 0) is 61.7 Å². The molecule has 0 aromatic heterocycles. The molecule has 2 N–H and O–H groups in total. The lowest BCUT2D eigenvalue weighted by Gasteiger charge is -2.62. The first-order valence-corrected chi connectivity index (χ1v) is 9.53. The zero-order valence-corrected chi connectivity index (χ0v) is 15.2. The Morgan fingerprint density at radius 2 is 2.00 bits per heavy atom. The van der Waals surface area contributed by atoms with Crippen LogP contribution in [0.2, 0.25) is 0 Å². The van der Waals surface area contributed by atoms with Gasteiger partial charge < -0.3 is 14.9 Å². The molecule has 0 saturated heterocycles. The lowest BCUT2D eigenvalue weighted by Crippen LogP contribution is -2.59. The number of hydrogen-bond acceptors (Lipinski definition) is 4. The molecule has 25 heavy (non-hydrogen) atoms. The van der Waals surface area contributed by atoms with E-state index in [1.165, 1.54) is 6.08 Å². The van der Waals surface area contributed by atoms with Gasteiger partial charge in [0.25, 0.3) is 0 Å². The lowest BCUT2D eigenvalue weighted by molar-refractivity contribution is -0.222. The van der Waals surface area contributed by atoms with Crippen LogP contribution in [0.1, 0.15) is 59.3 Å². The topological polar surface area (TPSA) is 83.8 Å². The van der Waals surface area contributed by atoms with E-state index in [0.717, 1.165) is 37.7 Å². The summed E-state index contributed by atoms with van der Waals surface area (Å²) in [6, 6.07) is 0. The molecule has 0 amide bonds. The van der Waals surface area contributed by atoms with Gasteiger partial charge >= 0.3 is 11.9 Å². The highest BCUT2D eigenvalue weighted by Gasteiger charge is 2.64. The summed E-state index contributed by atoms with van der Waals surface area (Å²) in [7, 11) is 0. The fourth-order valence-electron chi connectivity index (χ4n) is 6.96. The Morgan fingerprint density at radius 1 is 1.28 bits per heavy atom. The van der Waals surface area contributed by atoms with Gasteiger partial charge in [-0.15, -0.1) is 0 Å². The summed E-state index contributed by atoms with van der Waals surface area (Å²) in [5, 5.41) is 20.9. The van der Waals surface area contributed by atoms with Crippen LogP contribution < -0.4 is 0 Å². The van der Waals surface area contributed by atoms with Gasteiger partial charge in [-0.25, -0.2) is 4.79 Å². The van der Waals surface area contributed by atoms with E-state index in [1.807, 2.05) is 6.92 Å². The Balaban J connectivity index is 1.75. The van der Waals surface area contributed by atoms with Crippen molar-refractivity contribution in [3.8, 4) is 0 Å². The van der Waals surface area contributed by atoms with Gasteiger partial charge in [0.1, 0.15) is 0 Å². The van der Waals surface area contributed by atoms with Gasteiger partial charge in [-0.3, -0.25) is 4.79 Å². The average Bonchev–Trinajstić information content (AvgIpc) is 2.83. The number of carbonyl (C=O) groups is 2. The van der Waals surface area contributed by atoms with Crippen molar-refractivity contribution < 1.29 is 24.5 Å². The van der Waals surface area contributed by atoms with Crippen LogP contribution in [0.15, 0.2) is 11.6 Å². The van der Waals surface area contributed by atoms with E-state index < -0.39 is 23.1 Å². The number of ether oxygens (including phenoxy) is 1. The van der Waals surface area contributed by atoms with Crippen LogP contribution in [0.25, 0.3) is 0 Å². The normalized spacial score (nSPS) is 51.7. The number of fused-ring (bicyclic) bond motifs is 4. The van der Waals surface area contributed by atoms with Crippen molar-refractivity contribution in [2.75, 3.05) is 0 Å². The Morgan fingerprint density at radius 3 is 2.68 bits per heavy atom. The second kappa shape index (κ2) is 5.09. The summed E-state index contributed by atoms with van der Waals surface area (Å²) >= 11 is 0. The maximum atomic E-state index is 12.1. The Kier molecular flexibility index (Phi) is 3.48. The van der Waals surface area contributed by atoms with E-state index in [0.29, 0.717) is 12.3 Å². The van der Waals surface area contributed by atoms with Crippen LogP contribution in [0.4, 0.5) is 0 Å². The molecule has 138 valence electrons. The molecule has 0 aromatic carbocycles. The first kappa shape index (κ1) is 17.1. The van der Waals surface area contributed by atoms with E-state index in [2.05, 4.69) is 13.8 Å². The number of esters is 1. The minimum atomic E-state index is -1.49. The van der Waals surface area contributed by atoms with Crippen molar-refractivity contribution >= 4 is 11.9 Å². The van der Waals surface area contributed by atoms with Gasteiger partial charge in [-0.1, -0.05) is 20.3 Å². The molecule has 0 spiro atoms. The predicted molar refractivity (Wildman–Crippen MR) is 90.3 cm³/mol. The minimum absolute atomic E-state index is 0.0889. The molecule has 1 aliphatic heterocycles. The monoisotopic (exact) mass is 348 g/mol. The minimum Gasteiger partial charge on any atom is -0.481 e. The quantitative estimate of drug-likeness (QED) is 0.711. The zero-order valence-electron chi connectivity index (χ0n) is 15.2. The molecular formula is C20H28O5. The van der Waals surface area contributed by atoms with Gasteiger partial charge in [0.2, 0.25) is 5.79 Å². The van der Waals surface area contributed by atoms with E-state index >= 15 is 0 Å². The smallest absolute Gasteiger partial charge is 0.333 e. The molecule has 3 fully saturated rings. The molecular weight excluding hydrogens is 320 g/mol. The summed E-state index contributed by atoms with van der Waals surface area (Å²) < 4.78 is 5.30. The molecule has 3 aliphatic carbocycles. The second-order valence-electron chi connectivity index (χ2n) is 9.28. The molecule has 0 radical (unpaired) electrons. The van der Waals surface area contributed by atoms with Crippen molar-refractivity contribution in [2.24, 2.45) is 34.5 Å². The van der Waals surface area contributed by atoms with E-state index in [-0.39, 0.29) is 23.2 Å². The van der Waals surface area contributed by atoms with E-state index in [1.54, 1.807) is 0 Å². The summed E-state index contributed by atoms with van der Waals surface area (Å²) in [6.45, 7) is 6.20. The van der Waals surface area contributed by atoms with Gasteiger partial charge in [0, 0.05) is 18.1 Å². The highest BCUT2D eigenvalue weighted by Crippen LogP contribution is 2.66. The largest absolute Gasteiger partial charge is 0.481 e. The second-order valence-corrected chi connectivity index (χ2v) is 9.28. The Hall–Kier alpha value is -1.36. The first-order chi connectivity index (χ1) is 11.6. The molecule has 1 heterocycles. The third kappa shape index (κ3) is 2.11. The van der Waals surface area contributed by atoms with Crippen LogP contribution in [0.5, 0.6) is 0 Å². The molecule has 0 aromatic rings. The number of carboxylic acid groups (broad SMARTS) is 1. The van der Waals surface area contributed by atoms with Crippen LogP contribution in [0, 0.1) is 34.5 Å². The average molecular weight is 348 g/mol. The van der Waals surface area contributed by atoms with Gasteiger partial charge in [0.15, 0.2) is 0 Å². The van der Waals surface area contributed by atoms with Crippen LogP contribution in [-0.2, 0) is 14.3 Å². The van der Waals surface area contributed by atoms with E-state index in [4.69, 9.17) is 4.74 Å². The highest BCUT2D eigenvalue weighted by molar-refractivity contribution is 5.86. The summed E-state index contributed by atoms with van der Waals surface area (Å²) in [5.74, 6) is -1.90. The van der Waals surface area contributed by atoms with Gasteiger partial charge in [-0.2, -0.15) is 0 Å². The van der Waals surface area contributed by atoms with Crippen LogP contribution in [0.3, 0.4) is 0 Å². The molecule has 0 unspecified atom stereocenters. The van der Waals surface area contributed by atoms with Crippen molar-refractivity contribution in [1.29, 1.82) is 0 Å². The molecule has 0 bridgehead atoms. The summed E-state index contributed by atoms with van der Waals surface area (Å²) in [4.78, 5) is 23.8. The number of carboxylic acids is 1. The van der Waals surface area contributed by atoms with E-state index in [9.17, 15) is 19.8 Å². The van der Waals surface area contributed by atoms with Gasteiger partial charge in [0.05, 0.1) is 5.41 Å². The standard InChI is InChI=1S/C20H28O5/c1-11-12-5-6-15-18(2,7-4-8-19(15,3)17(22)23)14(12)10-20(24)13(11)9-16(21)25-20/h9,11-12,14-15,24H,4-8,10H2,1-3H3,(H,22,23)/t11-,12+,14+,15-,18-,19-,20-/m0/s1. The highest BCUT2D eigenvalue weighted by atomic mass is 16.7. The predicted octanol–water partition coefficient (Wildman–Crippen LogP) is 3.12. The Labute approximate surface area is 148 Å². The molecule has 5 heteroatoms. The maximum Gasteiger partial charge on any atom is 0.333 e. The van der Waals surface area contributed by atoms with Crippen molar-refractivity contribution in [2.45, 2.75) is 65.1 Å². The summed E-state index contributed by atoms with van der Waals surface area (Å²) in [6.07, 6.45) is 6.34. The Bertz CT molecular complexity index is 669. The number of hydrogen-bond donors (Lipinski definition) is 2. The van der Waals surface area contributed by atoms with Crippen molar-refractivity contribution in [3.05, 3.63) is 11.6 Å². The number of aliphatic carboxylic acids is 1.